The predicted molar refractivity (Wildman–Crippen MR) is 111 cm³/mol. The van der Waals surface area contributed by atoms with Crippen molar-refractivity contribution in [3.8, 4) is 17.2 Å². The average Bonchev–Trinajstić information content (AvgIpc) is 2.66. The summed E-state index contributed by atoms with van der Waals surface area (Å²) in [5, 5.41) is 2.72. The minimum Gasteiger partial charge on any atom is -0.493 e. The predicted octanol–water partition coefficient (Wildman–Crippen LogP) is 2.19. The number of benzene rings is 2. The van der Waals surface area contributed by atoms with Gasteiger partial charge >= 0.3 is 0 Å². The van der Waals surface area contributed by atoms with E-state index in [1.165, 1.54) is 19.2 Å². The quantitative estimate of drug-likeness (QED) is 0.662. The number of amides is 1. The number of carbonyl (C=O) groups excluding carboxylic acids is 1. The molecule has 0 aliphatic heterocycles. The second-order valence-corrected chi connectivity index (χ2v) is 8.53. The molecule has 29 heavy (non-hydrogen) atoms. The van der Waals surface area contributed by atoms with Crippen molar-refractivity contribution in [1.82, 2.24) is 4.90 Å². The minimum absolute atomic E-state index is 0.0978. The third-order valence-electron chi connectivity index (χ3n) is 4.19. The Kier molecular flexibility index (Phi) is 7.46. The van der Waals surface area contributed by atoms with E-state index in [-0.39, 0.29) is 17.3 Å². The minimum atomic E-state index is -3.34. The number of likely N-dealkylation sites (N-methyl/N-ethyl adjacent to an activating group) is 1. The van der Waals surface area contributed by atoms with Gasteiger partial charge in [-0.05, 0) is 31.3 Å². The van der Waals surface area contributed by atoms with Crippen LogP contribution in [-0.2, 0) is 21.2 Å². The van der Waals surface area contributed by atoms with Crippen LogP contribution in [0, 0.1) is 0 Å². The number of hydrogen-bond donors (Lipinski definition) is 1. The summed E-state index contributed by atoms with van der Waals surface area (Å²) in [6.45, 7) is 0.529. The van der Waals surface area contributed by atoms with Crippen LogP contribution in [0.15, 0.2) is 41.3 Å². The Morgan fingerprint density at radius 1 is 1.03 bits per heavy atom. The van der Waals surface area contributed by atoms with E-state index < -0.39 is 9.84 Å². The maximum atomic E-state index is 12.4. The van der Waals surface area contributed by atoms with Gasteiger partial charge in [-0.25, -0.2) is 8.42 Å². The zero-order chi connectivity index (χ0) is 21.6. The zero-order valence-corrected chi connectivity index (χ0v) is 18.0. The molecule has 2 aromatic rings. The smallest absolute Gasteiger partial charge is 0.238 e. The van der Waals surface area contributed by atoms with Gasteiger partial charge in [-0.15, -0.1) is 0 Å². The highest BCUT2D eigenvalue weighted by Crippen LogP contribution is 2.40. The van der Waals surface area contributed by atoms with Crippen LogP contribution >= 0.6 is 0 Å². The number of hydrogen-bond acceptors (Lipinski definition) is 7. The highest BCUT2D eigenvalue weighted by Gasteiger charge is 2.18. The average molecular weight is 423 g/mol. The molecule has 0 fully saturated rings. The summed E-state index contributed by atoms with van der Waals surface area (Å²) in [6.07, 6.45) is 1.12. The van der Waals surface area contributed by atoms with Gasteiger partial charge in [-0.3, -0.25) is 9.69 Å². The Labute approximate surface area is 171 Å². The molecule has 1 amide bonds. The summed E-state index contributed by atoms with van der Waals surface area (Å²) < 4.78 is 39.4. The van der Waals surface area contributed by atoms with Gasteiger partial charge in [0.05, 0.1) is 32.8 Å². The van der Waals surface area contributed by atoms with Gasteiger partial charge in [0.15, 0.2) is 21.3 Å². The fourth-order valence-corrected chi connectivity index (χ4v) is 3.55. The summed E-state index contributed by atoms with van der Waals surface area (Å²) in [7, 11) is 3.08. The molecule has 0 aliphatic rings. The van der Waals surface area contributed by atoms with E-state index in [1.807, 2.05) is 6.07 Å². The van der Waals surface area contributed by atoms with Crippen molar-refractivity contribution in [2.24, 2.45) is 0 Å². The van der Waals surface area contributed by atoms with E-state index >= 15 is 0 Å². The summed E-state index contributed by atoms with van der Waals surface area (Å²) in [6, 6.07) is 9.78. The molecule has 0 bridgehead atoms. The Morgan fingerprint density at radius 3 is 2.31 bits per heavy atom. The lowest BCUT2D eigenvalue weighted by Crippen LogP contribution is -2.30. The van der Waals surface area contributed by atoms with Crippen LogP contribution in [0.5, 0.6) is 17.2 Å². The summed E-state index contributed by atoms with van der Waals surface area (Å²) >= 11 is 0. The maximum Gasteiger partial charge on any atom is 0.238 e. The second-order valence-electron chi connectivity index (χ2n) is 6.51. The number of methoxy groups -OCH3 is 3. The molecule has 0 saturated heterocycles. The van der Waals surface area contributed by atoms with Crippen LogP contribution in [0.1, 0.15) is 5.56 Å². The molecule has 0 saturated carbocycles. The van der Waals surface area contributed by atoms with E-state index in [1.54, 1.807) is 44.4 Å². The first-order valence-corrected chi connectivity index (χ1v) is 10.6. The van der Waals surface area contributed by atoms with E-state index in [0.29, 0.717) is 29.5 Å². The van der Waals surface area contributed by atoms with Crippen molar-refractivity contribution >= 4 is 21.4 Å². The number of sulfone groups is 1. The molecule has 0 heterocycles. The van der Waals surface area contributed by atoms with Crippen LogP contribution in [0.3, 0.4) is 0 Å². The molecule has 0 spiro atoms. The molecule has 2 rings (SSSR count). The van der Waals surface area contributed by atoms with Gasteiger partial charge < -0.3 is 19.5 Å². The van der Waals surface area contributed by atoms with Gasteiger partial charge in [-0.1, -0.05) is 12.1 Å². The molecule has 0 aliphatic carbocycles. The summed E-state index contributed by atoms with van der Waals surface area (Å²) in [5.74, 6) is 1.32. The number of anilines is 1. The monoisotopic (exact) mass is 422 g/mol. The van der Waals surface area contributed by atoms with E-state index in [0.717, 1.165) is 11.8 Å². The third kappa shape index (κ3) is 5.85. The van der Waals surface area contributed by atoms with Crippen molar-refractivity contribution in [3.63, 3.8) is 0 Å². The molecule has 0 unspecified atom stereocenters. The van der Waals surface area contributed by atoms with E-state index in [2.05, 4.69) is 5.32 Å². The van der Waals surface area contributed by atoms with Crippen molar-refractivity contribution < 1.29 is 27.4 Å². The zero-order valence-electron chi connectivity index (χ0n) is 17.2. The van der Waals surface area contributed by atoms with Crippen molar-refractivity contribution in [2.45, 2.75) is 11.4 Å². The van der Waals surface area contributed by atoms with Crippen LogP contribution in [0.4, 0.5) is 5.69 Å². The molecular formula is C20H26N2O6S. The number of rotatable bonds is 9. The fraction of sp³-hybridized carbons (Fsp3) is 0.350. The third-order valence-corrected chi connectivity index (χ3v) is 5.30. The molecule has 2 aromatic carbocycles. The van der Waals surface area contributed by atoms with Crippen LogP contribution in [0.25, 0.3) is 0 Å². The Bertz CT molecular complexity index is 975. The molecular weight excluding hydrogens is 396 g/mol. The van der Waals surface area contributed by atoms with Gasteiger partial charge in [0.25, 0.3) is 0 Å². The standard InChI is InChI=1S/C20H26N2O6S/c1-22(12-14-9-10-17(26-2)20(28-4)19(14)27-3)13-18(23)21-15-7-6-8-16(11-15)29(5,24)25/h6-11H,12-13H2,1-5H3,(H,21,23). The summed E-state index contributed by atoms with van der Waals surface area (Å²) in [5.41, 5.74) is 1.26. The molecule has 0 aromatic heterocycles. The number of nitrogens with one attached hydrogen (secondary N) is 1. The lowest BCUT2D eigenvalue weighted by Gasteiger charge is -2.20. The molecule has 0 radical (unpaired) electrons. The van der Waals surface area contributed by atoms with E-state index in [4.69, 9.17) is 14.2 Å². The molecule has 1 N–H and O–H groups in total. The maximum absolute atomic E-state index is 12.4. The molecule has 0 atom stereocenters. The first kappa shape index (κ1) is 22.5. The Balaban J connectivity index is 2.08. The first-order valence-electron chi connectivity index (χ1n) is 8.76. The van der Waals surface area contributed by atoms with Crippen LogP contribution < -0.4 is 19.5 Å². The lowest BCUT2D eigenvalue weighted by atomic mass is 10.1. The SMILES string of the molecule is COc1ccc(CN(C)CC(=O)Nc2cccc(S(C)(=O)=O)c2)c(OC)c1OC. The highest BCUT2D eigenvalue weighted by atomic mass is 32.2. The Morgan fingerprint density at radius 2 is 1.72 bits per heavy atom. The number of carbonyl (C=O) groups is 1. The second kappa shape index (κ2) is 9.62. The fourth-order valence-electron chi connectivity index (χ4n) is 2.88. The van der Waals surface area contributed by atoms with Gasteiger partial charge in [0, 0.05) is 24.1 Å². The largest absolute Gasteiger partial charge is 0.493 e. The van der Waals surface area contributed by atoms with Crippen molar-refractivity contribution in [3.05, 3.63) is 42.0 Å². The molecule has 9 heteroatoms. The van der Waals surface area contributed by atoms with E-state index in [9.17, 15) is 13.2 Å². The normalized spacial score (nSPS) is 11.2. The van der Waals surface area contributed by atoms with Gasteiger partial charge in [0.1, 0.15) is 0 Å². The lowest BCUT2D eigenvalue weighted by molar-refractivity contribution is -0.117. The number of ether oxygens (including phenoxy) is 3. The first-order chi connectivity index (χ1) is 13.7. The van der Waals surface area contributed by atoms with Gasteiger partial charge in [-0.2, -0.15) is 0 Å². The Hall–Kier alpha value is -2.78. The molecule has 158 valence electrons. The van der Waals surface area contributed by atoms with Crippen LogP contribution in [-0.4, -0.2) is 60.4 Å². The van der Waals surface area contributed by atoms with Crippen LogP contribution in [0.2, 0.25) is 0 Å². The number of nitrogens with zero attached hydrogens (tertiary/aromatic N) is 1. The molecule has 8 nitrogen and oxygen atoms in total. The topological polar surface area (TPSA) is 94.2 Å². The van der Waals surface area contributed by atoms with Gasteiger partial charge in [0.2, 0.25) is 11.7 Å². The van der Waals surface area contributed by atoms with Crippen molar-refractivity contribution in [1.29, 1.82) is 0 Å². The summed E-state index contributed by atoms with van der Waals surface area (Å²) in [4.78, 5) is 14.3. The van der Waals surface area contributed by atoms with Crippen molar-refractivity contribution in [2.75, 3.05) is 46.5 Å². The highest BCUT2D eigenvalue weighted by molar-refractivity contribution is 7.90.